The van der Waals surface area contributed by atoms with Gasteiger partial charge in [-0.3, -0.25) is 0 Å². The van der Waals surface area contributed by atoms with Crippen LogP contribution in [0.5, 0.6) is 0 Å². The molecule has 0 heterocycles. The van der Waals surface area contributed by atoms with E-state index < -0.39 is 5.09 Å². The molecule has 0 saturated carbocycles. The summed E-state index contributed by atoms with van der Waals surface area (Å²) >= 11 is 2.22. The zero-order chi connectivity index (χ0) is 5.58. The van der Waals surface area contributed by atoms with Crippen LogP contribution in [0.25, 0.3) is 0 Å². The second kappa shape index (κ2) is 8.94. The van der Waals surface area contributed by atoms with Crippen LogP contribution in [0.1, 0.15) is 0 Å². The molecule has 0 spiro atoms. The molecule has 0 bridgehead atoms. The Morgan fingerprint density at radius 2 is 1.83 bits per heavy atom. The van der Waals surface area contributed by atoms with Gasteiger partial charge in [-0.2, -0.15) is 0 Å². The average molecular weight is 205 g/mol. The SMILES string of the molecule is O=[N+]([O-])O.[Cl][Pd]. The van der Waals surface area contributed by atoms with Gasteiger partial charge in [-0.05, 0) is 0 Å². The Kier molecular flexibility index (Phi) is 14.1. The first-order chi connectivity index (χ1) is 2.73. The summed E-state index contributed by atoms with van der Waals surface area (Å²) < 4.78 is 0. The van der Waals surface area contributed by atoms with Crippen molar-refractivity contribution in [2.75, 3.05) is 0 Å². The molecule has 0 atom stereocenters. The average Bonchev–Trinajstić information content (AvgIpc) is 1.41. The maximum atomic E-state index is 8.36. The molecule has 0 unspecified atom stereocenters. The quantitative estimate of drug-likeness (QED) is 0.352. The summed E-state index contributed by atoms with van der Waals surface area (Å²) in [4.78, 5) is 8.36. The number of nitrogens with zero attached hydrogens (tertiary/aromatic N) is 1. The van der Waals surface area contributed by atoms with Gasteiger partial charge in [0.15, 0.2) is 0 Å². The van der Waals surface area contributed by atoms with E-state index in [9.17, 15) is 0 Å². The van der Waals surface area contributed by atoms with E-state index in [0.717, 1.165) is 0 Å². The predicted octanol–water partition coefficient (Wildman–Crippen LogP) is 0.339. The van der Waals surface area contributed by atoms with Crippen molar-refractivity contribution >= 4 is 9.53 Å². The molecule has 0 amide bonds. The van der Waals surface area contributed by atoms with E-state index in [1.54, 1.807) is 0 Å². The van der Waals surface area contributed by atoms with Gasteiger partial charge >= 0.3 is 27.7 Å². The molecule has 0 fully saturated rings. The minimum atomic E-state index is -1.50. The topological polar surface area (TPSA) is 63.4 Å². The van der Waals surface area contributed by atoms with Gasteiger partial charge in [0.25, 0.3) is 5.09 Å². The second-order valence-corrected chi connectivity index (χ2v) is 0.238. The maximum absolute atomic E-state index is 8.36. The first kappa shape index (κ1) is 9.47. The molecule has 1 N–H and O–H groups in total. The van der Waals surface area contributed by atoms with Crippen LogP contribution in [-0.2, 0) is 18.2 Å². The fourth-order valence-corrected chi connectivity index (χ4v) is 0. The zero-order valence-electron chi connectivity index (χ0n) is 2.41. The predicted molar refractivity (Wildman–Crippen MR) is 14.6 cm³/mol. The van der Waals surface area contributed by atoms with Gasteiger partial charge in [0.2, 0.25) is 0 Å². The number of hydrogen-bond acceptors (Lipinski definition) is 2. The van der Waals surface area contributed by atoms with E-state index in [2.05, 4.69) is 27.7 Å². The normalized spacial score (nSPS) is 5.17. The van der Waals surface area contributed by atoms with Crippen molar-refractivity contribution in [3.8, 4) is 0 Å². The first-order valence-electron chi connectivity index (χ1n) is 0.685. The Bertz CT molecular complexity index is 33.8. The van der Waals surface area contributed by atoms with E-state index in [-0.39, 0.29) is 0 Å². The molecule has 0 aliphatic carbocycles. The number of rotatable bonds is 0. The van der Waals surface area contributed by atoms with Crippen LogP contribution < -0.4 is 0 Å². The van der Waals surface area contributed by atoms with Gasteiger partial charge in [-0.15, -0.1) is 10.1 Å². The van der Waals surface area contributed by atoms with Crippen molar-refractivity contribution < 1.29 is 28.5 Å². The van der Waals surface area contributed by atoms with Crippen LogP contribution in [0.2, 0.25) is 0 Å². The summed E-state index contributed by atoms with van der Waals surface area (Å²) in [5, 5.41) is 13.6. The van der Waals surface area contributed by atoms with Crippen molar-refractivity contribution in [1.29, 1.82) is 0 Å². The Morgan fingerprint density at radius 3 is 1.83 bits per heavy atom. The molecular formula is HClNO3Pd. The zero-order valence-corrected chi connectivity index (χ0v) is 4.72. The van der Waals surface area contributed by atoms with Crippen LogP contribution in [0, 0.1) is 10.1 Å². The van der Waals surface area contributed by atoms with Crippen molar-refractivity contribution in [3.05, 3.63) is 10.1 Å². The molecule has 0 aromatic carbocycles. The van der Waals surface area contributed by atoms with Crippen molar-refractivity contribution in [1.82, 2.24) is 0 Å². The fraction of sp³-hybridized carbons (Fsp3) is 0. The van der Waals surface area contributed by atoms with E-state index in [4.69, 9.17) is 15.3 Å². The van der Waals surface area contributed by atoms with E-state index in [0.29, 0.717) is 0 Å². The minimum absolute atomic E-state index is 1.50. The van der Waals surface area contributed by atoms with Gasteiger partial charge in [-0.25, -0.2) is 0 Å². The third-order valence-corrected chi connectivity index (χ3v) is 0. The molecular weight excluding hydrogens is 204 g/mol. The van der Waals surface area contributed by atoms with Crippen LogP contribution >= 0.6 is 9.53 Å². The summed E-state index contributed by atoms with van der Waals surface area (Å²) in [5.41, 5.74) is 0. The molecule has 4 nitrogen and oxygen atoms in total. The summed E-state index contributed by atoms with van der Waals surface area (Å²) in [6.45, 7) is 0. The van der Waals surface area contributed by atoms with E-state index in [1.807, 2.05) is 0 Å². The van der Waals surface area contributed by atoms with Gasteiger partial charge in [0.05, 0.1) is 0 Å². The first-order valence-corrected chi connectivity index (χ1v) is 2.69. The molecule has 0 saturated heterocycles. The Hall–Kier alpha value is 0.152. The van der Waals surface area contributed by atoms with Crippen molar-refractivity contribution in [2.45, 2.75) is 0 Å². The van der Waals surface area contributed by atoms with E-state index in [1.165, 1.54) is 0 Å². The summed E-state index contributed by atoms with van der Waals surface area (Å²) in [5.74, 6) is 0. The van der Waals surface area contributed by atoms with Crippen LogP contribution in [0.3, 0.4) is 0 Å². The van der Waals surface area contributed by atoms with Crippen LogP contribution in [0.4, 0.5) is 0 Å². The van der Waals surface area contributed by atoms with Crippen molar-refractivity contribution in [2.24, 2.45) is 0 Å². The van der Waals surface area contributed by atoms with Gasteiger partial charge in [0.1, 0.15) is 0 Å². The van der Waals surface area contributed by atoms with Crippen LogP contribution in [0.15, 0.2) is 0 Å². The van der Waals surface area contributed by atoms with Crippen molar-refractivity contribution in [3.63, 3.8) is 0 Å². The van der Waals surface area contributed by atoms with Crippen LogP contribution in [-0.4, -0.2) is 10.3 Å². The van der Waals surface area contributed by atoms with Gasteiger partial charge in [-0.1, -0.05) is 0 Å². The van der Waals surface area contributed by atoms with Gasteiger partial charge in [0, 0.05) is 0 Å². The molecule has 6 heavy (non-hydrogen) atoms. The second-order valence-electron chi connectivity index (χ2n) is 0.238. The monoisotopic (exact) mass is 204 g/mol. The molecule has 0 aliphatic heterocycles. The molecule has 41 valence electrons. The molecule has 0 aromatic heterocycles. The Labute approximate surface area is 48.6 Å². The number of halogens is 1. The Morgan fingerprint density at radius 1 is 1.83 bits per heavy atom. The standard InChI is InChI=1S/ClH.HNO3.Pd/c;2-1(3)4;/h1H;(H,2,3,4);/q;;+1/p-1. The summed E-state index contributed by atoms with van der Waals surface area (Å²) in [7, 11) is 4.49. The van der Waals surface area contributed by atoms with Gasteiger partial charge < -0.3 is 5.21 Å². The summed E-state index contributed by atoms with van der Waals surface area (Å²) in [6.07, 6.45) is 0. The molecule has 0 radical (unpaired) electrons. The fourth-order valence-electron chi connectivity index (χ4n) is 0. The van der Waals surface area contributed by atoms with E-state index >= 15 is 0 Å². The molecule has 0 aliphatic rings. The molecule has 6 heteroatoms. The number of hydrogen-bond donors (Lipinski definition) is 1. The third-order valence-electron chi connectivity index (χ3n) is 0. The Balaban J connectivity index is 0. The molecule has 0 rings (SSSR count). The third kappa shape index (κ3) is 1780. The summed E-state index contributed by atoms with van der Waals surface area (Å²) in [6, 6.07) is 0. The molecule has 0 aromatic rings.